The maximum atomic E-state index is 11.6. The Kier molecular flexibility index (Phi) is 4.25. The molecule has 3 rings (SSSR count). The third-order valence-corrected chi connectivity index (χ3v) is 4.12. The van der Waals surface area contributed by atoms with Crippen molar-refractivity contribution in [2.45, 2.75) is 38.9 Å². The van der Waals surface area contributed by atoms with E-state index in [0.717, 1.165) is 29.5 Å². The Morgan fingerprint density at radius 2 is 2.35 bits per heavy atom. The van der Waals surface area contributed by atoms with Crippen LogP contribution in [0.4, 0.5) is 5.82 Å². The van der Waals surface area contributed by atoms with E-state index in [-0.39, 0.29) is 24.1 Å². The van der Waals surface area contributed by atoms with E-state index in [1.165, 1.54) is 6.33 Å². The van der Waals surface area contributed by atoms with E-state index in [2.05, 4.69) is 10.1 Å². The maximum absolute atomic E-state index is 11.6. The van der Waals surface area contributed by atoms with Crippen molar-refractivity contribution >= 4 is 30.6 Å². The molecule has 1 saturated heterocycles. The zero-order valence-electron chi connectivity index (χ0n) is 13.7. The Morgan fingerprint density at radius 3 is 3.09 bits per heavy atom. The second kappa shape index (κ2) is 6.19. The van der Waals surface area contributed by atoms with Crippen LogP contribution in [0.3, 0.4) is 0 Å². The third kappa shape index (κ3) is 3.03. The highest BCUT2D eigenvalue weighted by atomic mass is 16.6. The SMILES string of the molecule is Bc1cc([C@H]2CCC(COC(=O)C(C)C)O2)n2ncnc(N)c12. The molecular weight excluding hydrogens is 295 g/mol. The summed E-state index contributed by atoms with van der Waals surface area (Å²) in [6.45, 7) is 3.94. The quantitative estimate of drug-likeness (QED) is 0.630. The molecule has 0 bridgehead atoms. The van der Waals surface area contributed by atoms with Gasteiger partial charge in [0, 0.05) is 0 Å². The number of nitrogens with zero attached hydrogens (tertiary/aromatic N) is 3. The average Bonchev–Trinajstić information content (AvgIpc) is 3.10. The van der Waals surface area contributed by atoms with Crippen LogP contribution in [0.25, 0.3) is 5.52 Å². The fraction of sp³-hybridized carbons (Fsp3) is 0.533. The summed E-state index contributed by atoms with van der Waals surface area (Å²) < 4.78 is 13.1. The molecule has 0 aliphatic carbocycles. The van der Waals surface area contributed by atoms with Crippen LogP contribution in [0.2, 0.25) is 0 Å². The van der Waals surface area contributed by atoms with Crippen LogP contribution in [0, 0.1) is 5.92 Å². The van der Waals surface area contributed by atoms with E-state index in [1.807, 2.05) is 27.8 Å². The molecule has 0 radical (unpaired) electrons. The van der Waals surface area contributed by atoms with Crippen molar-refractivity contribution in [1.29, 1.82) is 0 Å². The van der Waals surface area contributed by atoms with Crippen LogP contribution in [0.15, 0.2) is 12.4 Å². The Bertz CT molecular complexity index is 731. The molecule has 2 aromatic rings. The zero-order chi connectivity index (χ0) is 16.6. The minimum Gasteiger partial charge on any atom is -0.463 e. The summed E-state index contributed by atoms with van der Waals surface area (Å²) in [5.74, 6) is 0.148. The number of hydrogen-bond acceptors (Lipinski definition) is 6. The normalized spacial score (nSPS) is 21.2. The lowest BCUT2D eigenvalue weighted by Crippen LogP contribution is -2.21. The van der Waals surface area contributed by atoms with Gasteiger partial charge in [-0.3, -0.25) is 4.79 Å². The van der Waals surface area contributed by atoms with E-state index < -0.39 is 0 Å². The molecule has 2 N–H and O–H groups in total. The van der Waals surface area contributed by atoms with Crippen LogP contribution in [-0.4, -0.2) is 41.1 Å². The highest BCUT2D eigenvalue weighted by Gasteiger charge is 2.30. The van der Waals surface area contributed by atoms with Crippen molar-refractivity contribution < 1.29 is 14.3 Å². The standard InChI is InChI=1S/C15H21BN4O3/c1-8(2)15(21)22-6-9-3-4-12(23-9)11-5-10(16)13-14(17)18-7-19-20(11)13/h5,7-9,12H,3-4,6,16H2,1-2H3,(H2,17,18,19)/t9?,12-/m1/s1. The first-order valence-corrected chi connectivity index (χ1v) is 7.88. The number of carbonyl (C=O) groups is 1. The molecule has 2 aromatic heterocycles. The van der Waals surface area contributed by atoms with E-state index in [9.17, 15) is 4.79 Å². The number of anilines is 1. The van der Waals surface area contributed by atoms with Crippen LogP contribution in [0.5, 0.6) is 0 Å². The molecule has 0 amide bonds. The van der Waals surface area contributed by atoms with Gasteiger partial charge in [0.1, 0.15) is 32.4 Å². The molecule has 2 atom stereocenters. The number of ether oxygens (including phenoxy) is 2. The topological polar surface area (TPSA) is 91.7 Å². The average molecular weight is 316 g/mol. The lowest BCUT2D eigenvalue weighted by molar-refractivity contribution is -0.151. The van der Waals surface area contributed by atoms with Crippen molar-refractivity contribution in [2.24, 2.45) is 5.92 Å². The van der Waals surface area contributed by atoms with Gasteiger partial charge in [-0.2, -0.15) is 5.10 Å². The maximum Gasteiger partial charge on any atom is 0.308 e. The van der Waals surface area contributed by atoms with E-state index in [4.69, 9.17) is 15.2 Å². The zero-order valence-corrected chi connectivity index (χ0v) is 13.7. The van der Waals surface area contributed by atoms with Gasteiger partial charge in [0.15, 0.2) is 5.82 Å². The molecule has 1 unspecified atom stereocenters. The third-order valence-electron chi connectivity index (χ3n) is 4.12. The number of nitrogens with two attached hydrogens (primary N) is 1. The molecular formula is C15H21BN4O3. The van der Waals surface area contributed by atoms with Gasteiger partial charge in [0.25, 0.3) is 0 Å². The summed E-state index contributed by atoms with van der Waals surface area (Å²) in [6, 6.07) is 2.04. The summed E-state index contributed by atoms with van der Waals surface area (Å²) >= 11 is 0. The summed E-state index contributed by atoms with van der Waals surface area (Å²) in [7, 11) is 1.98. The number of nitrogen functional groups attached to an aromatic ring is 1. The van der Waals surface area contributed by atoms with Gasteiger partial charge in [-0.15, -0.1) is 0 Å². The first-order chi connectivity index (χ1) is 11.0. The highest BCUT2D eigenvalue weighted by molar-refractivity contribution is 6.37. The second-order valence-corrected chi connectivity index (χ2v) is 6.27. The number of aromatic nitrogens is 3. The lowest BCUT2D eigenvalue weighted by atomic mass is 9.97. The molecule has 23 heavy (non-hydrogen) atoms. The summed E-state index contributed by atoms with van der Waals surface area (Å²) in [6.07, 6.45) is 3.01. The molecule has 3 heterocycles. The summed E-state index contributed by atoms with van der Waals surface area (Å²) in [5, 5.41) is 4.29. The number of fused-ring (bicyclic) bond motifs is 1. The molecule has 0 spiro atoms. The predicted octanol–water partition coefficient (Wildman–Crippen LogP) is -0.0108. The molecule has 1 aliphatic heterocycles. The molecule has 7 nitrogen and oxygen atoms in total. The van der Waals surface area contributed by atoms with Crippen LogP contribution in [-0.2, 0) is 14.3 Å². The van der Waals surface area contributed by atoms with E-state index in [1.54, 1.807) is 4.52 Å². The summed E-state index contributed by atoms with van der Waals surface area (Å²) in [5.41, 5.74) is 8.74. The smallest absolute Gasteiger partial charge is 0.308 e. The van der Waals surface area contributed by atoms with Crippen LogP contribution >= 0.6 is 0 Å². The second-order valence-electron chi connectivity index (χ2n) is 6.27. The number of carbonyl (C=O) groups excluding carboxylic acids is 1. The van der Waals surface area contributed by atoms with Gasteiger partial charge >= 0.3 is 5.97 Å². The van der Waals surface area contributed by atoms with Crippen molar-refractivity contribution in [2.75, 3.05) is 12.3 Å². The Balaban J connectivity index is 1.72. The van der Waals surface area contributed by atoms with Gasteiger partial charge in [0.05, 0.1) is 17.7 Å². The fourth-order valence-corrected chi connectivity index (χ4v) is 2.90. The van der Waals surface area contributed by atoms with Crippen molar-refractivity contribution in [3.05, 3.63) is 18.1 Å². The van der Waals surface area contributed by atoms with Crippen molar-refractivity contribution in [3.8, 4) is 0 Å². The van der Waals surface area contributed by atoms with Crippen molar-refractivity contribution in [1.82, 2.24) is 14.6 Å². The number of esters is 1. The van der Waals surface area contributed by atoms with Gasteiger partial charge < -0.3 is 15.2 Å². The van der Waals surface area contributed by atoms with Gasteiger partial charge in [0.2, 0.25) is 0 Å². The molecule has 0 aromatic carbocycles. The molecule has 122 valence electrons. The number of rotatable bonds is 4. The Morgan fingerprint density at radius 1 is 1.57 bits per heavy atom. The van der Waals surface area contributed by atoms with Crippen molar-refractivity contribution in [3.63, 3.8) is 0 Å². The largest absolute Gasteiger partial charge is 0.463 e. The van der Waals surface area contributed by atoms with Crippen LogP contribution < -0.4 is 11.2 Å². The van der Waals surface area contributed by atoms with Gasteiger partial charge in [-0.1, -0.05) is 19.3 Å². The first kappa shape index (κ1) is 15.8. The van der Waals surface area contributed by atoms with Crippen LogP contribution in [0.1, 0.15) is 38.5 Å². The minimum absolute atomic E-state index is 0.0757. The number of hydrogen-bond donors (Lipinski definition) is 1. The van der Waals surface area contributed by atoms with Gasteiger partial charge in [-0.25, -0.2) is 9.50 Å². The lowest BCUT2D eigenvalue weighted by Gasteiger charge is -2.14. The molecule has 1 aliphatic rings. The fourth-order valence-electron chi connectivity index (χ4n) is 2.90. The Labute approximate surface area is 135 Å². The predicted molar refractivity (Wildman–Crippen MR) is 88.2 cm³/mol. The molecule has 0 saturated carbocycles. The van der Waals surface area contributed by atoms with E-state index >= 15 is 0 Å². The minimum atomic E-state index is -0.193. The molecule has 1 fully saturated rings. The van der Waals surface area contributed by atoms with Gasteiger partial charge in [-0.05, 0) is 18.9 Å². The van der Waals surface area contributed by atoms with E-state index in [0.29, 0.717) is 12.4 Å². The highest BCUT2D eigenvalue weighted by Crippen LogP contribution is 2.33. The Hall–Kier alpha value is -2.09. The monoisotopic (exact) mass is 316 g/mol. The first-order valence-electron chi connectivity index (χ1n) is 7.88. The summed E-state index contributed by atoms with van der Waals surface area (Å²) in [4.78, 5) is 15.6. The molecule has 8 heteroatoms.